The zero-order chi connectivity index (χ0) is 40.1. The number of thiophene rings is 1. The number of hydrogen-bond acceptors (Lipinski definition) is 2. The third-order valence-electron chi connectivity index (χ3n) is 13.1. The molecule has 13 rings (SSSR count). The smallest absolute Gasteiger partial charge is 0.156 e. The van der Waals surface area contributed by atoms with E-state index in [0.29, 0.717) is 0 Å². The Bertz CT molecular complexity index is 3630. The van der Waals surface area contributed by atoms with Gasteiger partial charge in [-0.05, 0) is 102 Å². The molecule has 3 heterocycles. The molecule has 3 heteroatoms. The summed E-state index contributed by atoms with van der Waals surface area (Å²) in [4.78, 5) is 5.24. The first-order valence-corrected chi connectivity index (χ1v) is 21.8. The molecule has 0 bridgehead atoms. The number of benzene rings is 9. The van der Waals surface area contributed by atoms with Crippen LogP contribution in [0, 0.1) is 0 Å². The second-order valence-corrected chi connectivity index (χ2v) is 17.3. The fourth-order valence-electron chi connectivity index (χ4n) is 10.3. The van der Waals surface area contributed by atoms with Crippen LogP contribution in [-0.2, 0) is 5.41 Å². The predicted octanol–water partition coefficient (Wildman–Crippen LogP) is 15.4. The summed E-state index contributed by atoms with van der Waals surface area (Å²) in [6, 6.07) is 80.3. The average Bonchev–Trinajstić information content (AvgIpc) is 4.01. The summed E-state index contributed by atoms with van der Waals surface area (Å²) in [5.41, 5.74) is 17.7. The van der Waals surface area contributed by atoms with Crippen LogP contribution in [0.4, 0.5) is 0 Å². The van der Waals surface area contributed by atoms with E-state index in [2.05, 4.69) is 223 Å². The van der Waals surface area contributed by atoms with Gasteiger partial charge in [0.2, 0.25) is 0 Å². The maximum Gasteiger partial charge on any atom is 0.156 e. The Morgan fingerprint density at radius 3 is 1.77 bits per heavy atom. The van der Waals surface area contributed by atoms with Crippen molar-refractivity contribution in [3.8, 4) is 44.6 Å². The molecule has 12 aromatic rings. The van der Waals surface area contributed by atoms with Gasteiger partial charge in [-0.15, -0.1) is 11.3 Å². The number of aromatic nitrogens is 2. The average molecular weight is 793 g/mol. The van der Waals surface area contributed by atoms with Gasteiger partial charge in [0.25, 0.3) is 0 Å². The van der Waals surface area contributed by atoms with Gasteiger partial charge in [-0.1, -0.05) is 188 Å². The quantitative estimate of drug-likeness (QED) is 0.170. The zero-order valence-corrected chi connectivity index (χ0v) is 33.9. The van der Waals surface area contributed by atoms with Crippen LogP contribution in [0.3, 0.4) is 0 Å². The molecule has 3 aromatic heterocycles. The highest BCUT2D eigenvalue weighted by atomic mass is 32.1. The SMILES string of the molecule is c1ccc(C2(c3ccccc3)c3ccccc3-c3cc(-c4ccc(-c5ccc(-c6cc7c(sc8ccc9ccccc9c87)c7nc8ccccc8n67)cc5)cc4)ccc32)cc1. The van der Waals surface area contributed by atoms with Crippen molar-refractivity contribution in [2.45, 2.75) is 5.41 Å². The van der Waals surface area contributed by atoms with Gasteiger partial charge >= 0.3 is 0 Å². The summed E-state index contributed by atoms with van der Waals surface area (Å²) < 4.78 is 4.87. The normalized spacial score (nSPS) is 13.0. The molecule has 0 unspecified atom stereocenters. The molecule has 0 spiro atoms. The topological polar surface area (TPSA) is 17.3 Å². The van der Waals surface area contributed by atoms with E-state index in [1.807, 2.05) is 11.3 Å². The highest BCUT2D eigenvalue weighted by molar-refractivity contribution is 7.26. The highest BCUT2D eigenvalue weighted by Gasteiger charge is 2.45. The summed E-state index contributed by atoms with van der Waals surface area (Å²) in [6.45, 7) is 0. The van der Waals surface area contributed by atoms with Crippen LogP contribution < -0.4 is 0 Å². The van der Waals surface area contributed by atoms with Gasteiger partial charge in [0.1, 0.15) is 0 Å². The standard InChI is InChI=1S/C58H36N2S/c1-3-14-43(15-4-1)58(44-16-5-2-6-17-44)49-20-10-9-19-46(49)47-35-42(31-33-50(47)58)39-25-23-37(24-26-39)38-27-29-41(30-28-38)53-36-48-55-45-18-8-7-13-40(45)32-34-54(55)61-56(48)57-59-51-21-11-12-22-52(51)60(53)57/h1-36H. The van der Waals surface area contributed by atoms with Crippen molar-refractivity contribution in [2.75, 3.05) is 0 Å². The minimum Gasteiger partial charge on any atom is -0.291 e. The minimum atomic E-state index is -0.392. The first-order chi connectivity index (χ1) is 30.2. The molecular formula is C58H36N2S. The molecule has 0 aliphatic heterocycles. The first kappa shape index (κ1) is 34.3. The lowest BCUT2D eigenvalue weighted by Gasteiger charge is -2.33. The van der Waals surface area contributed by atoms with Crippen molar-refractivity contribution in [3.63, 3.8) is 0 Å². The summed E-state index contributed by atoms with van der Waals surface area (Å²) in [5, 5.41) is 5.11. The van der Waals surface area contributed by atoms with Crippen molar-refractivity contribution in [2.24, 2.45) is 0 Å². The van der Waals surface area contributed by atoms with E-state index in [-0.39, 0.29) is 0 Å². The van der Waals surface area contributed by atoms with E-state index in [1.54, 1.807) is 0 Å². The van der Waals surface area contributed by atoms with E-state index in [0.717, 1.165) is 27.9 Å². The lowest BCUT2D eigenvalue weighted by Crippen LogP contribution is -2.28. The van der Waals surface area contributed by atoms with Gasteiger partial charge < -0.3 is 0 Å². The van der Waals surface area contributed by atoms with Gasteiger partial charge in [-0.3, -0.25) is 4.40 Å². The molecule has 0 saturated heterocycles. The molecule has 2 nitrogen and oxygen atoms in total. The Hall–Kier alpha value is -7.59. The van der Waals surface area contributed by atoms with E-state index >= 15 is 0 Å². The maximum atomic E-state index is 5.24. The number of nitrogens with zero attached hydrogens (tertiary/aromatic N) is 2. The van der Waals surface area contributed by atoms with E-state index in [4.69, 9.17) is 4.98 Å². The number of pyridine rings is 1. The molecule has 1 aliphatic rings. The Kier molecular flexibility index (Phi) is 7.42. The fourth-order valence-corrected chi connectivity index (χ4v) is 11.5. The van der Waals surface area contributed by atoms with Crippen LogP contribution in [0.1, 0.15) is 22.3 Å². The number of rotatable bonds is 5. The summed E-state index contributed by atoms with van der Waals surface area (Å²) in [5.74, 6) is 0. The molecule has 0 amide bonds. The zero-order valence-electron chi connectivity index (χ0n) is 33.1. The number of fused-ring (bicyclic) bond motifs is 12. The third kappa shape index (κ3) is 4.99. The Morgan fingerprint density at radius 2 is 1.02 bits per heavy atom. The van der Waals surface area contributed by atoms with Crippen molar-refractivity contribution < 1.29 is 0 Å². The van der Waals surface area contributed by atoms with E-state index in [9.17, 15) is 0 Å². The monoisotopic (exact) mass is 792 g/mol. The van der Waals surface area contributed by atoms with Crippen LogP contribution in [0.25, 0.3) is 92.3 Å². The van der Waals surface area contributed by atoms with Crippen molar-refractivity contribution >= 4 is 59.0 Å². The lowest BCUT2D eigenvalue weighted by atomic mass is 9.67. The van der Waals surface area contributed by atoms with Crippen LogP contribution in [0.2, 0.25) is 0 Å². The summed E-state index contributed by atoms with van der Waals surface area (Å²) in [6.07, 6.45) is 0. The Morgan fingerprint density at radius 1 is 0.426 bits per heavy atom. The molecule has 61 heavy (non-hydrogen) atoms. The van der Waals surface area contributed by atoms with Crippen LogP contribution in [0.5, 0.6) is 0 Å². The molecule has 9 aromatic carbocycles. The van der Waals surface area contributed by atoms with Crippen molar-refractivity contribution in [1.29, 1.82) is 0 Å². The van der Waals surface area contributed by atoms with E-state index in [1.165, 1.54) is 86.6 Å². The largest absolute Gasteiger partial charge is 0.291 e. The number of imidazole rings is 1. The Labute approximate surface area is 357 Å². The van der Waals surface area contributed by atoms with E-state index < -0.39 is 5.41 Å². The molecular weight excluding hydrogens is 757 g/mol. The van der Waals surface area contributed by atoms with Crippen molar-refractivity contribution in [1.82, 2.24) is 9.38 Å². The predicted molar refractivity (Wildman–Crippen MR) is 257 cm³/mol. The highest BCUT2D eigenvalue weighted by Crippen LogP contribution is 2.56. The Balaban J connectivity index is 0.892. The number of hydrogen-bond donors (Lipinski definition) is 0. The summed E-state index contributed by atoms with van der Waals surface area (Å²) >= 11 is 1.84. The molecule has 0 fully saturated rings. The van der Waals surface area contributed by atoms with Gasteiger partial charge in [-0.25, -0.2) is 4.98 Å². The first-order valence-electron chi connectivity index (χ1n) is 20.9. The van der Waals surface area contributed by atoms with Gasteiger partial charge in [-0.2, -0.15) is 0 Å². The second kappa shape index (κ2) is 13.2. The third-order valence-corrected chi connectivity index (χ3v) is 14.3. The van der Waals surface area contributed by atoms with Gasteiger partial charge in [0, 0.05) is 15.5 Å². The number of para-hydroxylation sites is 2. The molecule has 284 valence electrons. The second-order valence-electron chi connectivity index (χ2n) is 16.2. The fraction of sp³-hybridized carbons (Fsp3) is 0.0172. The molecule has 0 N–H and O–H groups in total. The lowest BCUT2D eigenvalue weighted by molar-refractivity contribution is 0.768. The molecule has 1 aliphatic carbocycles. The van der Waals surface area contributed by atoms with Crippen LogP contribution in [-0.4, -0.2) is 9.38 Å². The van der Waals surface area contributed by atoms with Gasteiger partial charge in [0.15, 0.2) is 5.65 Å². The van der Waals surface area contributed by atoms with Crippen LogP contribution in [0.15, 0.2) is 218 Å². The molecule has 0 radical (unpaired) electrons. The van der Waals surface area contributed by atoms with Gasteiger partial charge in [0.05, 0.1) is 26.8 Å². The molecule has 0 atom stereocenters. The molecule has 0 saturated carbocycles. The summed E-state index contributed by atoms with van der Waals surface area (Å²) in [7, 11) is 0. The minimum absolute atomic E-state index is 0.392. The van der Waals surface area contributed by atoms with Crippen molar-refractivity contribution in [3.05, 3.63) is 241 Å². The maximum absolute atomic E-state index is 5.24. The van der Waals surface area contributed by atoms with Crippen LogP contribution >= 0.6 is 11.3 Å².